The smallest absolute Gasteiger partial charge is 0.330 e. The van der Waals surface area contributed by atoms with Gasteiger partial charge in [0.05, 0.1) is 26.1 Å². The molecule has 4 N–H and O–H groups in total. The fourth-order valence-corrected chi connectivity index (χ4v) is 11.4. The van der Waals surface area contributed by atoms with E-state index >= 15 is 0 Å². The highest BCUT2D eigenvalue weighted by molar-refractivity contribution is 5.85. The summed E-state index contributed by atoms with van der Waals surface area (Å²) in [5.74, 6) is 5.91. The van der Waals surface area contributed by atoms with Gasteiger partial charge in [-0.3, -0.25) is 29.3 Å². The van der Waals surface area contributed by atoms with Crippen molar-refractivity contribution in [3.05, 3.63) is 21.8 Å². The Kier molecular flexibility index (Phi) is 27.0. The van der Waals surface area contributed by atoms with E-state index in [1.807, 2.05) is 6.92 Å². The molecule has 378 valence electrons. The summed E-state index contributed by atoms with van der Waals surface area (Å²) in [6, 6.07) is 0. The number of ether oxygens (including phenoxy) is 2. The van der Waals surface area contributed by atoms with Gasteiger partial charge in [0, 0.05) is 42.2 Å². The SMILES string of the molecule is C.CCOC(=O)C=C1C[C@@H](C)[C@@H](C)C1.CCOC(=O)CC1(C[N+](=O)[O-])C[C@@H](C)[C@@H](C)C1.C[C@@H]1CC(=O)C[C@@H]1C.C[C@@H]1CC(CN)(CC(=O)O)C[C@@H]1C.C[C@@H]1CC2(CNC(=O)C2)C[C@@H]1C.Cl. The predicted octanol–water partition coefficient (Wildman–Crippen LogP) is 10.5. The van der Waals surface area contributed by atoms with Crippen molar-refractivity contribution in [2.24, 2.45) is 81.2 Å². The van der Waals surface area contributed by atoms with Gasteiger partial charge in [-0.1, -0.05) is 82.2 Å². The maximum absolute atomic E-state index is 11.6. The van der Waals surface area contributed by atoms with Crippen LogP contribution in [0, 0.1) is 85.5 Å². The largest absolute Gasteiger partial charge is 0.481 e. The van der Waals surface area contributed by atoms with Crippen molar-refractivity contribution < 1.29 is 43.5 Å². The second-order valence-electron chi connectivity index (χ2n) is 21.6. The van der Waals surface area contributed by atoms with Crippen molar-refractivity contribution in [3.63, 3.8) is 0 Å². The Morgan fingerprint density at radius 1 is 0.708 bits per heavy atom. The number of nitro groups is 1. The topological polar surface area (TPSA) is 205 Å². The third-order valence-corrected chi connectivity index (χ3v) is 15.7. The number of allylic oxidation sites excluding steroid dienone is 1. The van der Waals surface area contributed by atoms with Gasteiger partial charge < -0.3 is 25.6 Å². The molecule has 0 aromatic carbocycles. The molecular formula is C51H92ClN3O10. The Balaban J connectivity index is 0.000000793. The van der Waals surface area contributed by atoms with E-state index in [0.29, 0.717) is 78.3 Å². The number of amides is 1. The van der Waals surface area contributed by atoms with Crippen LogP contribution in [0.3, 0.4) is 0 Å². The molecule has 3 unspecified atom stereocenters. The zero-order valence-electron chi connectivity index (χ0n) is 41.6. The van der Waals surface area contributed by atoms with E-state index in [1.165, 1.54) is 18.4 Å². The Morgan fingerprint density at radius 2 is 1.12 bits per heavy atom. The predicted molar refractivity (Wildman–Crippen MR) is 261 cm³/mol. The van der Waals surface area contributed by atoms with Crippen LogP contribution in [-0.4, -0.2) is 72.5 Å². The first-order chi connectivity index (χ1) is 29.3. The number of carboxylic acids is 1. The van der Waals surface area contributed by atoms with Crippen LogP contribution in [0.1, 0.15) is 174 Å². The first kappa shape index (κ1) is 61.9. The van der Waals surface area contributed by atoms with Crippen molar-refractivity contribution in [2.45, 2.75) is 174 Å². The van der Waals surface area contributed by atoms with E-state index in [1.54, 1.807) is 13.0 Å². The number of carbonyl (C=O) groups is 5. The third-order valence-electron chi connectivity index (χ3n) is 15.7. The third kappa shape index (κ3) is 20.4. The van der Waals surface area contributed by atoms with Gasteiger partial charge in [0.1, 0.15) is 5.78 Å². The van der Waals surface area contributed by atoms with E-state index in [2.05, 4.69) is 74.6 Å². The molecule has 1 amide bonds. The fraction of sp³-hybridized carbons (Fsp3) is 0.863. The average Bonchev–Trinajstić information content (AvgIpc) is 3.97. The number of nitrogens with one attached hydrogen (secondary N) is 1. The number of esters is 2. The lowest BCUT2D eigenvalue weighted by Gasteiger charge is -2.25. The number of hydrogen-bond acceptors (Lipinski definition) is 10. The molecule has 1 saturated heterocycles. The molecule has 6 fully saturated rings. The molecule has 1 spiro atoms. The number of rotatable bonds is 10. The number of halogens is 1. The van der Waals surface area contributed by atoms with E-state index < -0.39 is 11.4 Å². The Bertz CT molecular complexity index is 1520. The Labute approximate surface area is 399 Å². The normalized spacial score (nSPS) is 35.9. The van der Waals surface area contributed by atoms with Crippen LogP contribution in [0.15, 0.2) is 11.6 Å². The van der Waals surface area contributed by atoms with E-state index in [-0.39, 0.29) is 67.4 Å². The quantitative estimate of drug-likeness (QED) is 0.0813. The lowest BCUT2D eigenvalue weighted by molar-refractivity contribution is -0.497. The minimum Gasteiger partial charge on any atom is -0.481 e. The van der Waals surface area contributed by atoms with Crippen LogP contribution in [0.5, 0.6) is 0 Å². The lowest BCUT2D eigenvalue weighted by Crippen LogP contribution is -2.31. The minimum absolute atomic E-state index is 0. The maximum Gasteiger partial charge on any atom is 0.330 e. The molecule has 14 heteroatoms. The number of ketones is 1. The van der Waals surface area contributed by atoms with Gasteiger partial charge in [-0.15, -0.1) is 12.4 Å². The van der Waals surface area contributed by atoms with Gasteiger partial charge in [-0.05, 0) is 142 Å². The molecule has 0 radical (unpaired) electrons. The van der Waals surface area contributed by atoms with Crippen molar-refractivity contribution in [1.29, 1.82) is 0 Å². The molecule has 1 aliphatic heterocycles. The number of aliphatic carboxylic acids is 1. The molecule has 65 heavy (non-hydrogen) atoms. The average molecular weight is 943 g/mol. The van der Waals surface area contributed by atoms with Gasteiger partial charge in [-0.2, -0.15) is 0 Å². The number of hydrogen-bond donors (Lipinski definition) is 3. The van der Waals surface area contributed by atoms with Crippen molar-refractivity contribution >= 4 is 42.0 Å². The van der Waals surface area contributed by atoms with E-state index in [0.717, 1.165) is 76.2 Å². The van der Waals surface area contributed by atoms with Crippen LogP contribution >= 0.6 is 12.4 Å². The highest BCUT2D eigenvalue weighted by Crippen LogP contribution is 2.50. The molecule has 5 saturated carbocycles. The molecule has 1 heterocycles. The zero-order valence-corrected chi connectivity index (χ0v) is 42.4. The number of carboxylic acid groups (broad SMARTS) is 1. The summed E-state index contributed by atoms with van der Waals surface area (Å²) in [6.45, 7) is 27.6. The van der Waals surface area contributed by atoms with E-state index in [4.69, 9.17) is 20.3 Å². The lowest BCUT2D eigenvalue weighted by atomic mass is 9.81. The van der Waals surface area contributed by atoms with Crippen molar-refractivity contribution in [2.75, 3.05) is 32.8 Å². The second-order valence-corrected chi connectivity index (χ2v) is 21.6. The molecule has 0 aromatic heterocycles. The Hall–Kier alpha value is -3.06. The summed E-state index contributed by atoms with van der Waals surface area (Å²) in [6.07, 6.45) is 12.5. The standard InChI is InChI=1S/C12H21NO4.C11H18O2.C10H19NO2.C10H17NO.C7H12O.CH4.ClH/c1-4-17-11(14)7-12(8-13(15)16)5-9(2)10(3)6-12;1-4-13-11(12)7-10-5-8(2)9(3)6-10;1-7-3-10(6-11,4-8(7)2)5-9(12)13;1-7-3-10(4-8(7)2)5-9(12)11-6-10;1-5-3-7(8)4-6(5)2;;/h9-10H,4-8H2,1-3H3;7-9H,4-6H2,1-3H3;7-8H,3-6,11H2,1-2H3,(H,12,13);7-8H,3-6H2,1-2H3,(H,11,12);5-6H,3-4H2,1-2H3;1H4;1H/t9-,10+,12?;8-,9+;2*7-,8+,10?;5-,6+;;. The van der Waals surface area contributed by atoms with Crippen LogP contribution in [-0.2, 0) is 33.4 Å². The van der Waals surface area contributed by atoms with Gasteiger partial charge in [-0.25, -0.2) is 4.79 Å². The molecule has 6 rings (SSSR count). The van der Waals surface area contributed by atoms with Crippen LogP contribution in [0.4, 0.5) is 0 Å². The molecule has 13 atom stereocenters. The van der Waals surface area contributed by atoms with Crippen LogP contribution < -0.4 is 11.1 Å². The van der Waals surface area contributed by atoms with Crippen molar-refractivity contribution in [3.8, 4) is 0 Å². The highest BCUT2D eigenvalue weighted by atomic mass is 35.5. The van der Waals surface area contributed by atoms with Crippen LogP contribution in [0.25, 0.3) is 0 Å². The monoisotopic (exact) mass is 942 g/mol. The molecular weight excluding hydrogens is 850 g/mol. The summed E-state index contributed by atoms with van der Waals surface area (Å²) >= 11 is 0. The zero-order chi connectivity index (χ0) is 47.9. The summed E-state index contributed by atoms with van der Waals surface area (Å²) in [4.78, 5) is 65.6. The number of carbonyl (C=O) groups excluding carboxylic acids is 4. The molecule has 0 bridgehead atoms. The maximum atomic E-state index is 11.6. The van der Waals surface area contributed by atoms with Crippen molar-refractivity contribution in [1.82, 2.24) is 5.32 Å². The summed E-state index contributed by atoms with van der Waals surface area (Å²) in [5.41, 5.74) is 6.66. The highest BCUT2D eigenvalue weighted by Gasteiger charge is 2.48. The first-order valence-electron chi connectivity index (χ1n) is 24.2. The number of nitrogens with two attached hydrogens (primary N) is 1. The Morgan fingerprint density at radius 3 is 1.46 bits per heavy atom. The van der Waals surface area contributed by atoms with Crippen LogP contribution in [0.2, 0.25) is 0 Å². The number of nitrogens with zero attached hydrogens (tertiary/aromatic N) is 1. The van der Waals surface area contributed by atoms with Gasteiger partial charge in [0.2, 0.25) is 12.5 Å². The summed E-state index contributed by atoms with van der Waals surface area (Å²) < 4.78 is 9.78. The summed E-state index contributed by atoms with van der Waals surface area (Å²) in [7, 11) is 0. The fourth-order valence-electron chi connectivity index (χ4n) is 11.4. The second kappa shape index (κ2) is 28.3. The van der Waals surface area contributed by atoms with Gasteiger partial charge in [0.25, 0.3) is 0 Å². The first-order valence-corrected chi connectivity index (χ1v) is 24.2. The molecule has 5 aliphatic carbocycles. The molecule has 13 nitrogen and oxygen atoms in total. The molecule has 6 aliphatic rings. The van der Waals surface area contributed by atoms with Gasteiger partial charge in [0.15, 0.2) is 0 Å². The van der Waals surface area contributed by atoms with E-state index in [9.17, 15) is 34.1 Å². The summed E-state index contributed by atoms with van der Waals surface area (Å²) in [5, 5.41) is 22.5. The number of Topliss-reactive ketones (excluding diaryl/α,β-unsaturated/α-hetero) is 1. The van der Waals surface area contributed by atoms with Gasteiger partial charge >= 0.3 is 17.9 Å². The molecule has 0 aromatic rings. The minimum atomic E-state index is -0.716.